The van der Waals surface area contributed by atoms with Gasteiger partial charge in [-0.05, 0) is 37.3 Å². The second-order valence-electron chi connectivity index (χ2n) is 6.60. The van der Waals surface area contributed by atoms with Crippen molar-refractivity contribution in [2.24, 2.45) is 5.73 Å². The van der Waals surface area contributed by atoms with E-state index in [4.69, 9.17) is 15.5 Å². The van der Waals surface area contributed by atoms with Gasteiger partial charge in [-0.2, -0.15) is 0 Å². The van der Waals surface area contributed by atoms with Crippen molar-refractivity contribution in [3.63, 3.8) is 0 Å². The Hall–Kier alpha value is -3.64. The first-order valence-corrected chi connectivity index (χ1v) is 9.29. The van der Waals surface area contributed by atoms with E-state index in [1.54, 1.807) is 13.3 Å². The number of nitrogens with two attached hydrogens (primary N) is 1. The summed E-state index contributed by atoms with van der Waals surface area (Å²) in [5, 5.41) is 0. The molecule has 0 unspecified atom stereocenters. The van der Waals surface area contributed by atoms with Crippen LogP contribution >= 0.6 is 0 Å². The summed E-state index contributed by atoms with van der Waals surface area (Å²) in [7, 11) is 1.66. The second-order valence-corrected chi connectivity index (χ2v) is 6.60. The molecule has 1 aromatic carbocycles. The summed E-state index contributed by atoms with van der Waals surface area (Å²) < 4.78 is 5.49. The smallest absolute Gasteiger partial charge is 0.179 e. The Kier molecular flexibility index (Phi) is 5.27. The van der Waals surface area contributed by atoms with E-state index in [-0.39, 0.29) is 0 Å². The van der Waals surface area contributed by atoms with Crippen LogP contribution < -0.4 is 10.5 Å². The molecule has 0 saturated heterocycles. The molecule has 0 aliphatic rings. The van der Waals surface area contributed by atoms with Gasteiger partial charge in [0.2, 0.25) is 0 Å². The number of rotatable bonds is 5. The number of nitrogens with zero attached hydrogens (tertiary/aromatic N) is 4. The van der Waals surface area contributed by atoms with Crippen molar-refractivity contribution >= 4 is 0 Å². The molecular formula is C23H21N5O. The van der Waals surface area contributed by atoms with Gasteiger partial charge < -0.3 is 10.5 Å². The number of benzene rings is 1. The highest BCUT2D eigenvalue weighted by atomic mass is 16.5. The van der Waals surface area contributed by atoms with Crippen LogP contribution in [0.1, 0.15) is 11.4 Å². The van der Waals surface area contributed by atoms with Gasteiger partial charge in [0.1, 0.15) is 11.4 Å². The van der Waals surface area contributed by atoms with E-state index >= 15 is 0 Å². The van der Waals surface area contributed by atoms with Crippen molar-refractivity contribution in [3.8, 4) is 39.7 Å². The molecule has 144 valence electrons. The quantitative estimate of drug-likeness (QED) is 0.560. The first-order chi connectivity index (χ1) is 14.2. The van der Waals surface area contributed by atoms with Crippen molar-refractivity contribution < 1.29 is 4.74 Å². The molecule has 6 heteroatoms. The molecule has 6 nitrogen and oxygen atoms in total. The fourth-order valence-electron chi connectivity index (χ4n) is 3.14. The molecular weight excluding hydrogens is 362 g/mol. The maximum atomic E-state index is 5.89. The van der Waals surface area contributed by atoms with Gasteiger partial charge in [0, 0.05) is 41.3 Å². The maximum Gasteiger partial charge on any atom is 0.179 e. The summed E-state index contributed by atoms with van der Waals surface area (Å²) in [5.41, 5.74) is 11.8. The zero-order valence-corrected chi connectivity index (χ0v) is 16.3. The number of ether oxygens (including phenoxy) is 1. The minimum absolute atomic E-state index is 0.313. The first-order valence-electron chi connectivity index (χ1n) is 9.29. The van der Waals surface area contributed by atoms with Crippen LogP contribution in [0.15, 0.2) is 67.0 Å². The number of hydrogen-bond donors (Lipinski definition) is 1. The van der Waals surface area contributed by atoms with Crippen LogP contribution in [0.5, 0.6) is 5.75 Å². The van der Waals surface area contributed by atoms with Gasteiger partial charge >= 0.3 is 0 Å². The third kappa shape index (κ3) is 3.97. The standard InChI is InChI=1S/C23H21N5O/c1-15-6-5-8-20(26-15)23-27-18(12-24)11-21(28-23)17-10-16(13-25-14-17)19-7-3-4-9-22(19)29-2/h3-11,13-14H,12,24H2,1-2H3. The highest BCUT2D eigenvalue weighted by Crippen LogP contribution is 2.31. The van der Waals surface area contributed by atoms with Gasteiger partial charge in [-0.25, -0.2) is 15.0 Å². The Morgan fingerprint density at radius 2 is 1.69 bits per heavy atom. The minimum atomic E-state index is 0.313. The largest absolute Gasteiger partial charge is 0.496 e. The van der Waals surface area contributed by atoms with E-state index in [2.05, 4.69) is 15.0 Å². The van der Waals surface area contributed by atoms with Crippen molar-refractivity contribution in [2.45, 2.75) is 13.5 Å². The lowest BCUT2D eigenvalue weighted by molar-refractivity contribution is 0.416. The number of pyridine rings is 2. The van der Waals surface area contributed by atoms with Gasteiger partial charge in [0.05, 0.1) is 18.5 Å². The molecule has 0 aliphatic heterocycles. The predicted molar refractivity (Wildman–Crippen MR) is 113 cm³/mol. The van der Waals surface area contributed by atoms with Crippen LogP contribution in [-0.2, 0) is 6.54 Å². The molecule has 0 amide bonds. The Morgan fingerprint density at radius 3 is 2.48 bits per heavy atom. The van der Waals surface area contributed by atoms with E-state index < -0.39 is 0 Å². The zero-order chi connectivity index (χ0) is 20.2. The molecule has 4 aromatic rings. The molecule has 4 rings (SSSR count). The van der Waals surface area contributed by atoms with Gasteiger partial charge in [-0.1, -0.05) is 24.3 Å². The van der Waals surface area contributed by atoms with Gasteiger partial charge in [0.25, 0.3) is 0 Å². The number of aryl methyl sites for hydroxylation is 1. The zero-order valence-electron chi connectivity index (χ0n) is 16.3. The Labute approximate surface area is 169 Å². The lowest BCUT2D eigenvalue weighted by Gasteiger charge is -2.11. The molecule has 0 aliphatic carbocycles. The lowest BCUT2D eigenvalue weighted by atomic mass is 10.0. The van der Waals surface area contributed by atoms with Crippen LogP contribution in [-0.4, -0.2) is 27.0 Å². The highest BCUT2D eigenvalue weighted by Gasteiger charge is 2.12. The van der Waals surface area contributed by atoms with Crippen LogP contribution in [0, 0.1) is 6.92 Å². The summed E-state index contributed by atoms with van der Waals surface area (Å²) in [6.07, 6.45) is 3.60. The number of hydrogen-bond acceptors (Lipinski definition) is 6. The molecule has 0 fully saturated rings. The monoisotopic (exact) mass is 383 g/mol. The van der Waals surface area contributed by atoms with E-state index in [0.717, 1.165) is 45.2 Å². The highest BCUT2D eigenvalue weighted by molar-refractivity contribution is 5.74. The van der Waals surface area contributed by atoms with Crippen molar-refractivity contribution in [2.75, 3.05) is 7.11 Å². The van der Waals surface area contributed by atoms with Crippen molar-refractivity contribution in [3.05, 3.63) is 78.4 Å². The summed E-state index contributed by atoms with van der Waals surface area (Å²) in [4.78, 5) is 18.3. The molecule has 0 atom stereocenters. The molecule has 0 spiro atoms. The summed E-state index contributed by atoms with van der Waals surface area (Å²) in [5.74, 6) is 1.34. The summed E-state index contributed by atoms with van der Waals surface area (Å²) in [6.45, 7) is 2.26. The Balaban J connectivity index is 1.82. The number of para-hydroxylation sites is 1. The van der Waals surface area contributed by atoms with E-state index in [9.17, 15) is 0 Å². The summed E-state index contributed by atoms with van der Waals surface area (Å²) >= 11 is 0. The maximum absolute atomic E-state index is 5.89. The second kappa shape index (κ2) is 8.16. The predicted octanol–water partition coefficient (Wildman–Crippen LogP) is 4.04. The Bertz CT molecular complexity index is 1160. The molecule has 29 heavy (non-hydrogen) atoms. The van der Waals surface area contributed by atoms with Crippen LogP contribution in [0.3, 0.4) is 0 Å². The molecule has 2 N–H and O–H groups in total. The van der Waals surface area contributed by atoms with Crippen LogP contribution in [0.4, 0.5) is 0 Å². The fourth-order valence-corrected chi connectivity index (χ4v) is 3.14. The number of methoxy groups -OCH3 is 1. The number of aromatic nitrogens is 4. The van der Waals surface area contributed by atoms with E-state index in [1.807, 2.05) is 67.7 Å². The lowest BCUT2D eigenvalue weighted by Crippen LogP contribution is -2.04. The van der Waals surface area contributed by atoms with E-state index in [0.29, 0.717) is 12.4 Å². The van der Waals surface area contributed by atoms with Crippen LogP contribution in [0.2, 0.25) is 0 Å². The van der Waals surface area contributed by atoms with E-state index in [1.165, 1.54) is 0 Å². The van der Waals surface area contributed by atoms with Crippen molar-refractivity contribution in [1.29, 1.82) is 0 Å². The summed E-state index contributed by atoms with van der Waals surface area (Å²) in [6, 6.07) is 17.6. The fraction of sp³-hybridized carbons (Fsp3) is 0.130. The topological polar surface area (TPSA) is 86.8 Å². The SMILES string of the molecule is COc1ccccc1-c1cncc(-c2cc(CN)nc(-c3cccc(C)n3)n2)c1. The normalized spacial score (nSPS) is 10.7. The molecule has 3 aromatic heterocycles. The third-order valence-electron chi connectivity index (χ3n) is 4.56. The molecule has 0 radical (unpaired) electrons. The Morgan fingerprint density at radius 1 is 0.862 bits per heavy atom. The van der Waals surface area contributed by atoms with Gasteiger partial charge in [-0.15, -0.1) is 0 Å². The molecule has 3 heterocycles. The van der Waals surface area contributed by atoms with Gasteiger partial charge in [-0.3, -0.25) is 4.98 Å². The van der Waals surface area contributed by atoms with Crippen molar-refractivity contribution in [1.82, 2.24) is 19.9 Å². The minimum Gasteiger partial charge on any atom is -0.496 e. The average molecular weight is 383 g/mol. The molecule has 0 saturated carbocycles. The average Bonchev–Trinajstić information content (AvgIpc) is 2.78. The first kappa shape index (κ1) is 18.7. The van der Waals surface area contributed by atoms with Crippen LogP contribution in [0.25, 0.3) is 33.9 Å². The third-order valence-corrected chi connectivity index (χ3v) is 4.56. The van der Waals surface area contributed by atoms with Gasteiger partial charge in [0.15, 0.2) is 5.82 Å². The molecule has 0 bridgehead atoms.